The van der Waals surface area contributed by atoms with Crippen molar-refractivity contribution < 1.29 is 27.6 Å². The van der Waals surface area contributed by atoms with Crippen LogP contribution in [-0.2, 0) is 14.6 Å². The number of fused-ring (bicyclic) bond motifs is 1. The number of halogens is 2. The number of pyridine rings is 1. The molecule has 2 aromatic carbocycles. The summed E-state index contributed by atoms with van der Waals surface area (Å²) in [6.45, 7) is 0. The van der Waals surface area contributed by atoms with Crippen LogP contribution in [0.2, 0.25) is 10.0 Å². The molecule has 3 N–H and O–H groups in total. The summed E-state index contributed by atoms with van der Waals surface area (Å²) < 4.78 is 41.2. The molecular formula is C24H21Cl2N4O6PS. The van der Waals surface area contributed by atoms with Gasteiger partial charge in [-0.05, 0) is 67.4 Å². The zero-order valence-electron chi connectivity index (χ0n) is 19.5. The third-order valence-electron chi connectivity index (χ3n) is 5.87. The van der Waals surface area contributed by atoms with Gasteiger partial charge in [0.2, 0.25) is 0 Å². The van der Waals surface area contributed by atoms with Crippen molar-refractivity contribution in [3.8, 4) is 5.82 Å². The molecule has 14 heteroatoms. The first-order valence-corrected chi connectivity index (χ1v) is 15.3. The fourth-order valence-electron chi connectivity index (χ4n) is 3.94. The number of anilines is 1. The second kappa shape index (κ2) is 10.00. The molecule has 1 aliphatic rings. The Labute approximate surface area is 228 Å². The Hall–Kier alpha value is -2.92. The average Bonchev–Trinajstić information content (AvgIpc) is 3.56. The lowest BCUT2D eigenvalue weighted by Crippen LogP contribution is -2.32. The summed E-state index contributed by atoms with van der Waals surface area (Å²) in [5, 5.41) is 3.62. The largest absolute Gasteiger partial charge is 0.349 e. The van der Waals surface area contributed by atoms with E-state index in [1.165, 1.54) is 24.4 Å². The standard InChI is InChI=1S/C24H21Cl2N4O6PS/c25-17-11-18(26)13-21(12-17)38(35,36)30(14-37(32,33)34)20-3-4-22-15(9-20)6-8-29(22)23-10-16(5-7-27-23)24(31)28-19-1-2-19/h3-13,19H,1-2,14H2,(H,28,31)(H2,32,33,34). The first-order chi connectivity index (χ1) is 17.9. The van der Waals surface area contributed by atoms with E-state index in [-0.39, 0.29) is 32.6 Å². The number of amides is 1. The Kier molecular flexibility index (Phi) is 7.02. The minimum atomic E-state index is -4.82. The molecule has 0 saturated heterocycles. The van der Waals surface area contributed by atoms with Crippen LogP contribution in [0.1, 0.15) is 23.2 Å². The SMILES string of the molecule is O=C(NC1CC1)c1ccnc(-n2ccc3cc(N(CP(=O)(O)O)S(=O)(=O)c4cc(Cl)cc(Cl)c4)ccc32)c1. The van der Waals surface area contributed by atoms with Gasteiger partial charge in [-0.2, -0.15) is 0 Å². The Morgan fingerprint density at radius 1 is 1.08 bits per heavy atom. The molecule has 5 rings (SSSR count). The van der Waals surface area contributed by atoms with Crippen LogP contribution in [-0.4, -0.2) is 46.0 Å². The lowest BCUT2D eigenvalue weighted by molar-refractivity contribution is 0.0951. The number of sulfonamides is 1. The highest BCUT2D eigenvalue weighted by atomic mass is 35.5. The van der Waals surface area contributed by atoms with Crippen molar-refractivity contribution in [2.45, 2.75) is 23.8 Å². The van der Waals surface area contributed by atoms with E-state index in [4.69, 9.17) is 23.2 Å². The van der Waals surface area contributed by atoms with Gasteiger partial charge in [0, 0.05) is 39.4 Å². The maximum absolute atomic E-state index is 13.5. The molecule has 0 bridgehead atoms. The summed E-state index contributed by atoms with van der Waals surface area (Å²) in [5.74, 6) is 0.291. The Morgan fingerprint density at radius 3 is 2.45 bits per heavy atom. The molecule has 0 spiro atoms. The normalized spacial score (nSPS) is 14.0. The van der Waals surface area contributed by atoms with Crippen LogP contribution in [0.4, 0.5) is 5.69 Å². The average molecular weight is 595 g/mol. The number of nitrogens with one attached hydrogen (secondary N) is 1. The van der Waals surface area contributed by atoms with Gasteiger partial charge in [0.1, 0.15) is 12.1 Å². The molecule has 0 atom stereocenters. The van der Waals surface area contributed by atoms with Crippen LogP contribution in [0.3, 0.4) is 0 Å². The van der Waals surface area contributed by atoms with Crippen LogP contribution in [0.15, 0.2) is 71.9 Å². The molecule has 1 amide bonds. The van der Waals surface area contributed by atoms with E-state index in [2.05, 4.69) is 10.3 Å². The van der Waals surface area contributed by atoms with E-state index >= 15 is 0 Å². The molecule has 1 aliphatic carbocycles. The van der Waals surface area contributed by atoms with Crippen molar-refractivity contribution in [2.24, 2.45) is 0 Å². The van der Waals surface area contributed by atoms with Crippen molar-refractivity contribution in [1.82, 2.24) is 14.9 Å². The van der Waals surface area contributed by atoms with E-state index < -0.39 is 23.9 Å². The van der Waals surface area contributed by atoms with Gasteiger partial charge >= 0.3 is 7.60 Å². The smallest absolute Gasteiger partial charge is 0.345 e. The fraction of sp³-hybridized carbons (Fsp3) is 0.167. The van der Waals surface area contributed by atoms with Gasteiger partial charge in [-0.15, -0.1) is 0 Å². The minimum Gasteiger partial charge on any atom is -0.349 e. The molecule has 1 saturated carbocycles. The Morgan fingerprint density at radius 2 is 1.79 bits per heavy atom. The van der Waals surface area contributed by atoms with E-state index in [9.17, 15) is 27.6 Å². The summed E-state index contributed by atoms with van der Waals surface area (Å²) in [6, 6.07) is 13.4. The quantitative estimate of drug-likeness (QED) is 0.254. The molecule has 2 heterocycles. The number of nitrogens with zero attached hydrogens (tertiary/aromatic N) is 3. The number of carbonyl (C=O) groups is 1. The number of rotatable bonds is 8. The van der Waals surface area contributed by atoms with Crippen LogP contribution in [0.25, 0.3) is 16.7 Å². The summed E-state index contributed by atoms with van der Waals surface area (Å²) in [5.41, 5.74) is 1.12. The van der Waals surface area contributed by atoms with Gasteiger partial charge in [0.25, 0.3) is 15.9 Å². The van der Waals surface area contributed by atoms with Gasteiger partial charge < -0.3 is 19.7 Å². The van der Waals surface area contributed by atoms with Gasteiger partial charge in [-0.1, -0.05) is 23.2 Å². The molecule has 1 fully saturated rings. The van der Waals surface area contributed by atoms with Crippen molar-refractivity contribution in [1.29, 1.82) is 0 Å². The van der Waals surface area contributed by atoms with Gasteiger partial charge in [-0.3, -0.25) is 13.7 Å². The van der Waals surface area contributed by atoms with Crippen molar-refractivity contribution >= 4 is 63.3 Å². The topological polar surface area (TPSA) is 142 Å². The lowest BCUT2D eigenvalue weighted by Gasteiger charge is -2.25. The van der Waals surface area contributed by atoms with Gasteiger partial charge in [0.15, 0.2) is 0 Å². The monoisotopic (exact) mass is 594 g/mol. The number of benzene rings is 2. The van der Waals surface area contributed by atoms with E-state index in [0.29, 0.717) is 26.6 Å². The van der Waals surface area contributed by atoms with E-state index in [1.54, 1.807) is 35.0 Å². The second-order valence-corrected chi connectivity index (χ2v) is 13.2. The Bertz CT molecular complexity index is 1700. The molecule has 0 aliphatic heterocycles. The third kappa shape index (κ3) is 5.73. The van der Waals surface area contributed by atoms with Crippen molar-refractivity contribution in [3.05, 3.63) is 82.6 Å². The highest BCUT2D eigenvalue weighted by molar-refractivity contribution is 7.93. The minimum absolute atomic E-state index is 0.0280. The molecule has 198 valence electrons. The first kappa shape index (κ1) is 26.7. The summed E-state index contributed by atoms with van der Waals surface area (Å²) in [7, 11) is -9.28. The molecule has 2 aromatic heterocycles. The summed E-state index contributed by atoms with van der Waals surface area (Å²) in [4.78, 5) is 35.9. The summed E-state index contributed by atoms with van der Waals surface area (Å²) in [6.07, 6.45) is 4.08. The Balaban J connectivity index is 1.54. The van der Waals surface area contributed by atoms with Crippen LogP contribution < -0.4 is 9.62 Å². The zero-order valence-corrected chi connectivity index (χ0v) is 22.8. The van der Waals surface area contributed by atoms with Crippen LogP contribution in [0, 0.1) is 0 Å². The highest BCUT2D eigenvalue weighted by Gasteiger charge is 2.32. The van der Waals surface area contributed by atoms with E-state index in [0.717, 1.165) is 25.0 Å². The molecule has 0 unspecified atom stereocenters. The van der Waals surface area contributed by atoms with Crippen molar-refractivity contribution in [3.63, 3.8) is 0 Å². The predicted molar refractivity (Wildman–Crippen MR) is 145 cm³/mol. The summed E-state index contributed by atoms with van der Waals surface area (Å²) >= 11 is 12.0. The molecule has 0 radical (unpaired) electrons. The van der Waals surface area contributed by atoms with Crippen molar-refractivity contribution in [2.75, 3.05) is 10.6 Å². The third-order valence-corrected chi connectivity index (χ3v) is 8.90. The van der Waals surface area contributed by atoms with Crippen LogP contribution >= 0.6 is 30.8 Å². The second-order valence-electron chi connectivity index (χ2n) is 8.84. The van der Waals surface area contributed by atoms with Crippen LogP contribution in [0.5, 0.6) is 0 Å². The predicted octanol–water partition coefficient (Wildman–Crippen LogP) is 4.56. The lowest BCUT2D eigenvalue weighted by atomic mass is 10.2. The fourth-order valence-corrected chi connectivity index (χ4v) is 7.35. The van der Waals surface area contributed by atoms with E-state index in [1.807, 2.05) is 0 Å². The number of aromatic nitrogens is 2. The number of hydrogen-bond acceptors (Lipinski definition) is 5. The highest BCUT2D eigenvalue weighted by Crippen LogP contribution is 2.40. The molecule has 38 heavy (non-hydrogen) atoms. The first-order valence-electron chi connectivity index (χ1n) is 11.3. The van der Waals surface area contributed by atoms with Gasteiger partial charge in [0.05, 0.1) is 16.1 Å². The zero-order chi connectivity index (χ0) is 27.2. The molecular weight excluding hydrogens is 574 g/mol. The number of carbonyl (C=O) groups excluding carboxylic acids is 1. The maximum atomic E-state index is 13.5. The number of hydrogen-bond donors (Lipinski definition) is 3. The van der Waals surface area contributed by atoms with Gasteiger partial charge in [-0.25, -0.2) is 13.4 Å². The maximum Gasteiger partial charge on any atom is 0.345 e. The molecule has 4 aromatic rings. The molecule has 10 nitrogen and oxygen atoms in total.